The van der Waals surface area contributed by atoms with E-state index < -0.39 is 51.2 Å². The van der Waals surface area contributed by atoms with Crippen LogP contribution in [0.1, 0.15) is 50.3 Å². The molecule has 2 rings (SSSR count). The third kappa shape index (κ3) is 7.78. The van der Waals surface area contributed by atoms with Crippen LogP contribution in [0.3, 0.4) is 0 Å². The molecule has 1 aliphatic heterocycles. The van der Waals surface area contributed by atoms with Gasteiger partial charge in [-0.15, -0.1) is 0 Å². The van der Waals surface area contributed by atoms with Crippen molar-refractivity contribution in [2.45, 2.75) is 60.0 Å². The molecule has 1 aromatic rings. The molecule has 1 saturated heterocycles. The predicted molar refractivity (Wildman–Crippen MR) is 129 cm³/mol. The van der Waals surface area contributed by atoms with Crippen molar-refractivity contribution in [3.63, 3.8) is 0 Å². The maximum absolute atomic E-state index is 12.9. The summed E-state index contributed by atoms with van der Waals surface area (Å²) in [5, 5.41) is 5.11. The van der Waals surface area contributed by atoms with Gasteiger partial charge in [0.1, 0.15) is 15.4 Å². The van der Waals surface area contributed by atoms with E-state index in [2.05, 4.69) is 10.6 Å². The SMILES string of the molecule is Cc1cc(C)c(NC(=O)CNC(=O)COC(=O)C2(C(=O)OC(C)(C)C)CCS(=O)(=O)CC2)c(C)c1. The molecule has 0 radical (unpaired) electrons. The predicted octanol–water partition coefficient (Wildman–Crippen LogP) is 1.75. The Morgan fingerprint density at radius 1 is 0.943 bits per heavy atom. The van der Waals surface area contributed by atoms with Gasteiger partial charge in [0.15, 0.2) is 12.0 Å². The van der Waals surface area contributed by atoms with Crippen molar-refractivity contribution in [2.75, 3.05) is 30.0 Å². The van der Waals surface area contributed by atoms with Crippen LogP contribution in [-0.2, 0) is 38.5 Å². The van der Waals surface area contributed by atoms with Gasteiger partial charge in [0.2, 0.25) is 5.91 Å². The molecule has 0 saturated carbocycles. The Labute approximate surface area is 206 Å². The summed E-state index contributed by atoms with van der Waals surface area (Å²) in [6, 6.07) is 3.86. The first-order chi connectivity index (χ1) is 16.0. The van der Waals surface area contributed by atoms with Gasteiger partial charge in [0, 0.05) is 5.69 Å². The van der Waals surface area contributed by atoms with E-state index >= 15 is 0 Å². The summed E-state index contributed by atoms with van der Waals surface area (Å²) >= 11 is 0. The number of rotatable bonds is 7. The van der Waals surface area contributed by atoms with Gasteiger partial charge in [-0.1, -0.05) is 17.7 Å². The Kier molecular flexibility index (Phi) is 8.70. The highest BCUT2D eigenvalue weighted by molar-refractivity contribution is 7.91. The first kappa shape index (κ1) is 28.3. The minimum Gasteiger partial charge on any atom is -0.459 e. The molecular formula is C24H34N2O8S. The molecule has 0 spiro atoms. The van der Waals surface area contributed by atoms with Gasteiger partial charge in [0.05, 0.1) is 18.1 Å². The number of sulfone groups is 1. The molecule has 0 aliphatic carbocycles. The summed E-state index contributed by atoms with van der Waals surface area (Å²) in [4.78, 5) is 50.2. The second-order valence-electron chi connectivity index (χ2n) is 9.91. The van der Waals surface area contributed by atoms with Crippen LogP contribution in [0.5, 0.6) is 0 Å². The van der Waals surface area contributed by atoms with Gasteiger partial charge in [-0.2, -0.15) is 0 Å². The van der Waals surface area contributed by atoms with Gasteiger partial charge in [-0.05, 0) is 65.5 Å². The van der Waals surface area contributed by atoms with E-state index in [1.165, 1.54) is 0 Å². The molecule has 1 heterocycles. The van der Waals surface area contributed by atoms with Gasteiger partial charge in [0.25, 0.3) is 5.91 Å². The Bertz CT molecular complexity index is 1080. The number of hydrogen-bond donors (Lipinski definition) is 2. The summed E-state index contributed by atoms with van der Waals surface area (Å²) < 4.78 is 34.2. The van der Waals surface area contributed by atoms with Crippen LogP contribution in [0.4, 0.5) is 5.69 Å². The fourth-order valence-electron chi connectivity index (χ4n) is 3.81. The molecule has 1 fully saturated rings. The topological polar surface area (TPSA) is 145 Å². The molecule has 2 N–H and O–H groups in total. The Morgan fingerprint density at radius 3 is 2.00 bits per heavy atom. The van der Waals surface area contributed by atoms with Gasteiger partial charge in [-0.25, -0.2) is 8.42 Å². The van der Waals surface area contributed by atoms with E-state index in [0.29, 0.717) is 5.69 Å². The van der Waals surface area contributed by atoms with E-state index in [9.17, 15) is 27.6 Å². The Balaban J connectivity index is 1.96. The molecule has 10 nitrogen and oxygen atoms in total. The zero-order valence-electron chi connectivity index (χ0n) is 21.1. The van der Waals surface area contributed by atoms with Crippen molar-refractivity contribution in [1.29, 1.82) is 0 Å². The normalized spacial score (nSPS) is 16.6. The third-order valence-electron chi connectivity index (χ3n) is 5.58. The van der Waals surface area contributed by atoms with Gasteiger partial charge in [-0.3, -0.25) is 19.2 Å². The largest absolute Gasteiger partial charge is 0.459 e. The highest BCUT2D eigenvalue weighted by Crippen LogP contribution is 2.37. The molecule has 11 heteroatoms. The quantitative estimate of drug-likeness (QED) is 0.417. The van der Waals surface area contributed by atoms with Crippen LogP contribution < -0.4 is 10.6 Å². The van der Waals surface area contributed by atoms with E-state index in [1.54, 1.807) is 20.8 Å². The number of esters is 2. The number of amides is 2. The van der Waals surface area contributed by atoms with Crippen LogP contribution >= 0.6 is 0 Å². The van der Waals surface area contributed by atoms with Crippen LogP contribution in [0.15, 0.2) is 12.1 Å². The molecule has 0 bridgehead atoms. The zero-order chi connectivity index (χ0) is 26.6. The van der Waals surface area contributed by atoms with Crippen molar-refractivity contribution < 1.29 is 37.1 Å². The monoisotopic (exact) mass is 510 g/mol. The molecule has 0 aromatic heterocycles. The smallest absolute Gasteiger partial charge is 0.324 e. The second-order valence-corrected chi connectivity index (χ2v) is 12.2. The molecular weight excluding hydrogens is 476 g/mol. The number of anilines is 1. The zero-order valence-corrected chi connectivity index (χ0v) is 21.9. The van der Waals surface area contributed by atoms with Gasteiger partial charge < -0.3 is 20.1 Å². The first-order valence-corrected chi connectivity index (χ1v) is 13.1. The molecule has 2 amide bonds. The number of benzene rings is 1. The number of hydrogen-bond acceptors (Lipinski definition) is 8. The Hall–Kier alpha value is -2.95. The summed E-state index contributed by atoms with van der Waals surface area (Å²) in [5.41, 5.74) is 0.785. The van der Waals surface area contributed by atoms with Crippen molar-refractivity contribution in [1.82, 2.24) is 5.32 Å². The lowest BCUT2D eigenvalue weighted by Gasteiger charge is -2.34. The molecule has 194 valence electrons. The molecule has 0 unspecified atom stereocenters. The molecule has 0 atom stereocenters. The van der Waals surface area contributed by atoms with Gasteiger partial charge >= 0.3 is 11.9 Å². The van der Waals surface area contributed by atoms with Crippen LogP contribution in [0.25, 0.3) is 0 Å². The maximum Gasteiger partial charge on any atom is 0.324 e. The highest BCUT2D eigenvalue weighted by Gasteiger charge is 2.53. The third-order valence-corrected chi connectivity index (χ3v) is 7.23. The fraction of sp³-hybridized carbons (Fsp3) is 0.583. The Morgan fingerprint density at radius 2 is 1.49 bits per heavy atom. The highest BCUT2D eigenvalue weighted by atomic mass is 32.2. The number of carbonyl (C=O) groups is 4. The van der Waals surface area contributed by atoms with Crippen molar-refractivity contribution >= 4 is 39.3 Å². The number of ether oxygens (including phenoxy) is 2. The van der Waals surface area contributed by atoms with Crippen molar-refractivity contribution in [2.24, 2.45) is 5.41 Å². The molecule has 1 aliphatic rings. The summed E-state index contributed by atoms with van der Waals surface area (Å²) in [6.45, 7) is 9.48. The van der Waals surface area contributed by atoms with E-state index in [4.69, 9.17) is 9.47 Å². The number of aryl methyl sites for hydroxylation is 3. The lowest BCUT2D eigenvalue weighted by Crippen LogP contribution is -2.50. The van der Waals surface area contributed by atoms with Crippen LogP contribution in [-0.4, -0.2) is 62.4 Å². The average Bonchev–Trinajstić information content (AvgIpc) is 2.72. The first-order valence-electron chi connectivity index (χ1n) is 11.3. The summed E-state index contributed by atoms with van der Waals surface area (Å²) in [5.74, 6) is -3.84. The summed E-state index contributed by atoms with van der Waals surface area (Å²) in [6.07, 6.45) is -0.579. The van der Waals surface area contributed by atoms with Crippen molar-refractivity contribution in [3.8, 4) is 0 Å². The minimum absolute atomic E-state index is 0.289. The summed E-state index contributed by atoms with van der Waals surface area (Å²) in [7, 11) is -3.39. The fourth-order valence-corrected chi connectivity index (χ4v) is 5.34. The number of nitrogens with one attached hydrogen (secondary N) is 2. The van der Waals surface area contributed by atoms with Crippen LogP contribution in [0.2, 0.25) is 0 Å². The maximum atomic E-state index is 12.9. The van der Waals surface area contributed by atoms with Crippen molar-refractivity contribution in [3.05, 3.63) is 28.8 Å². The number of carbonyl (C=O) groups excluding carboxylic acids is 4. The molecule has 35 heavy (non-hydrogen) atoms. The van der Waals surface area contributed by atoms with E-state index in [-0.39, 0.29) is 30.9 Å². The second kappa shape index (κ2) is 10.8. The van der Waals surface area contributed by atoms with E-state index in [1.807, 2.05) is 32.9 Å². The van der Waals surface area contributed by atoms with Crippen LogP contribution in [0, 0.1) is 26.2 Å². The minimum atomic E-state index is -3.39. The lowest BCUT2D eigenvalue weighted by molar-refractivity contribution is -0.181. The standard InChI is InChI=1S/C24H34N2O8S/c1-15-11-16(2)20(17(3)12-15)26-18(27)13-25-19(28)14-33-21(29)24(22(30)34-23(4,5)6)7-9-35(31,32)10-8-24/h11-12H,7-10,13-14H2,1-6H3,(H,25,28)(H,26,27). The lowest BCUT2D eigenvalue weighted by atomic mass is 9.81. The van der Waals surface area contributed by atoms with E-state index in [0.717, 1.165) is 16.7 Å². The molecule has 1 aromatic carbocycles. The average molecular weight is 511 g/mol.